The molecule has 0 aliphatic heterocycles. The first-order valence-electron chi connectivity index (χ1n) is 9.21. The van der Waals surface area contributed by atoms with Gasteiger partial charge in [-0.2, -0.15) is 0 Å². The van der Waals surface area contributed by atoms with Gasteiger partial charge < -0.3 is 4.57 Å². The lowest BCUT2D eigenvalue weighted by Gasteiger charge is -2.26. The predicted octanol–water partition coefficient (Wildman–Crippen LogP) is 4.66. The summed E-state index contributed by atoms with van der Waals surface area (Å²) in [5.74, 6) is -1.39. The zero-order valence-electron chi connectivity index (χ0n) is 15.2. The van der Waals surface area contributed by atoms with Gasteiger partial charge in [0.1, 0.15) is 5.82 Å². The highest BCUT2D eigenvalue weighted by Gasteiger charge is 2.34. The van der Waals surface area contributed by atoms with Crippen molar-refractivity contribution in [3.8, 4) is 5.69 Å². The summed E-state index contributed by atoms with van der Waals surface area (Å²) >= 11 is 0. The lowest BCUT2D eigenvalue weighted by molar-refractivity contribution is 0.0761. The van der Waals surface area contributed by atoms with Gasteiger partial charge in [-0.05, 0) is 61.4 Å². The molecular weight excluding hydrogens is 355 g/mol. The van der Waals surface area contributed by atoms with Gasteiger partial charge in [0.2, 0.25) is 0 Å². The van der Waals surface area contributed by atoms with E-state index < -0.39 is 11.8 Å². The SMILES string of the molecule is O=C(c1ccc(F)cc1)C1CC=CCC1C(=O)c1ccc(-n2ccnc2)cc1. The molecule has 4 rings (SSSR count). The number of carbonyl (C=O) groups excluding carboxylic acids is 2. The van der Waals surface area contributed by atoms with Crippen LogP contribution in [0, 0.1) is 17.7 Å². The number of Topliss-reactive ketones (excluding diaryl/α,β-unsaturated/α-hetero) is 2. The molecule has 4 nitrogen and oxygen atoms in total. The van der Waals surface area contributed by atoms with Crippen LogP contribution >= 0.6 is 0 Å². The van der Waals surface area contributed by atoms with Crippen LogP contribution in [0.2, 0.25) is 0 Å². The Morgan fingerprint density at radius 3 is 1.89 bits per heavy atom. The largest absolute Gasteiger partial charge is 0.306 e. The molecule has 0 radical (unpaired) electrons. The number of ketones is 2. The molecule has 0 saturated carbocycles. The maximum Gasteiger partial charge on any atom is 0.167 e. The summed E-state index contributed by atoms with van der Waals surface area (Å²) in [6.45, 7) is 0. The zero-order valence-corrected chi connectivity index (χ0v) is 15.2. The summed E-state index contributed by atoms with van der Waals surface area (Å²) in [5.41, 5.74) is 1.94. The molecule has 5 heteroatoms. The van der Waals surface area contributed by atoms with Crippen LogP contribution in [0.3, 0.4) is 0 Å². The summed E-state index contributed by atoms with van der Waals surface area (Å²) in [5, 5.41) is 0. The van der Waals surface area contributed by atoms with E-state index in [1.54, 1.807) is 24.7 Å². The van der Waals surface area contributed by atoms with Gasteiger partial charge in [-0.3, -0.25) is 9.59 Å². The van der Waals surface area contributed by atoms with Crippen molar-refractivity contribution in [2.75, 3.05) is 0 Å². The maximum absolute atomic E-state index is 13.2. The number of carbonyl (C=O) groups is 2. The summed E-state index contributed by atoms with van der Waals surface area (Å²) in [4.78, 5) is 30.1. The van der Waals surface area contributed by atoms with Crippen molar-refractivity contribution in [2.24, 2.45) is 11.8 Å². The fraction of sp³-hybridized carbons (Fsp3) is 0.174. The number of benzene rings is 2. The van der Waals surface area contributed by atoms with Gasteiger partial charge in [0, 0.05) is 41.0 Å². The van der Waals surface area contributed by atoms with Crippen LogP contribution in [-0.2, 0) is 0 Å². The minimum absolute atomic E-state index is 0.0398. The van der Waals surface area contributed by atoms with Crippen LogP contribution in [-0.4, -0.2) is 21.1 Å². The first-order chi connectivity index (χ1) is 13.6. The molecule has 3 aromatic rings. The molecular formula is C23H19FN2O2. The lowest BCUT2D eigenvalue weighted by atomic mass is 9.75. The molecule has 0 N–H and O–H groups in total. The molecule has 140 valence electrons. The van der Waals surface area contributed by atoms with E-state index in [2.05, 4.69) is 4.98 Å². The third kappa shape index (κ3) is 3.56. The minimum atomic E-state index is -0.434. The summed E-state index contributed by atoms with van der Waals surface area (Å²) in [7, 11) is 0. The van der Waals surface area contributed by atoms with E-state index in [0.29, 0.717) is 24.0 Å². The van der Waals surface area contributed by atoms with Crippen molar-refractivity contribution in [1.29, 1.82) is 0 Å². The average Bonchev–Trinajstić information content (AvgIpc) is 3.28. The van der Waals surface area contributed by atoms with E-state index in [1.807, 2.05) is 35.0 Å². The summed E-state index contributed by atoms with van der Waals surface area (Å²) < 4.78 is 15.0. The second-order valence-corrected chi connectivity index (χ2v) is 6.91. The number of imidazole rings is 1. The predicted molar refractivity (Wildman–Crippen MR) is 104 cm³/mol. The monoisotopic (exact) mass is 374 g/mol. The highest BCUT2D eigenvalue weighted by Crippen LogP contribution is 2.32. The number of rotatable bonds is 5. The normalized spacial score (nSPS) is 18.8. The van der Waals surface area contributed by atoms with E-state index in [0.717, 1.165) is 5.69 Å². The Morgan fingerprint density at radius 1 is 0.857 bits per heavy atom. The number of nitrogens with zero attached hydrogens (tertiary/aromatic N) is 2. The van der Waals surface area contributed by atoms with Crippen LogP contribution in [0.4, 0.5) is 4.39 Å². The Kier molecular flexibility index (Phi) is 4.98. The molecule has 0 spiro atoms. The van der Waals surface area contributed by atoms with E-state index in [4.69, 9.17) is 0 Å². The molecule has 0 amide bonds. The fourth-order valence-corrected chi connectivity index (χ4v) is 3.65. The van der Waals surface area contributed by atoms with Crippen molar-refractivity contribution in [2.45, 2.75) is 12.8 Å². The number of halogens is 1. The quantitative estimate of drug-likeness (QED) is 0.482. The zero-order chi connectivity index (χ0) is 19.5. The number of hydrogen-bond acceptors (Lipinski definition) is 3. The third-order valence-electron chi connectivity index (χ3n) is 5.19. The van der Waals surface area contributed by atoms with Crippen molar-refractivity contribution in [1.82, 2.24) is 9.55 Å². The molecule has 1 heterocycles. The van der Waals surface area contributed by atoms with Crippen molar-refractivity contribution in [3.05, 3.63) is 96.3 Å². The van der Waals surface area contributed by atoms with E-state index >= 15 is 0 Å². The smallest absolute Gasteiger partial charge is 0.167 e. The summed E-state index contributed by atoms with van der Waals surface area (Å²) in [6, 6.07) is 12.8. The highest BCUT2D eigenvalue weighted by molar-refractivity contribution is 6.05. The highest BCUT2D eigenvalue weighted by atomic mass is 19.1. The fourth-order valence-electron chi connectivity index (χ4n) is 3.65. The van der Waals surface area contributed by atoms with Crippen molar-refractivity contribution < 1.29 is 14.0 Å². The number of aromatic nitrogens is 2. The Balaban J connectivity index is 1.57. The van der Waals surface area contributed by atoms with Crippen molar-refractivity contribution >= 4 is 11.6 Å². The van der Waals surface area contributed by atoms with Crippen LogP contribution < -0.4 is 0 Å². The van der Waals surface area contributed by atoms with E-state index in [1.165, 1.54) is 24.3 Å². The molecule has 2 unspecified atom stereocenters. The first-order valence-corrected chi connectivity index (χ1v) is 9.21. The topological polar surface area (TPSA) is 52.0 Å². The van der Waals surface area contributed by atoms with E-state index in [9.17, 15) is 14.0 Å². The van der Waals surface area contributed by atoms with Gasteiger partial charge in [0.25, 0.3) is 0 Å². The van der Waals surface area contributed by atoms with Crippen LogP contribution in [0.15, 0.2) is 79.4 Å². The molecule has 0 bridgehead atoms. The maximum atomic E-state index is 13.2. The van der Waals surface area contributed by atoms with Gasteiger partial charge in [-0.1, -0.05) is 12.2 Å². The molecule has 1 aliphatic rings. The van der Waals surface area contributed by atoms with Crippen LogP contribution in [0.25, 0.3) is 5.69 Å². The Labute approximate surface area is 162 Å². The molecule has 0 saturated heterocycles. The summed E-state index contributed by atoms with van der Waals surface area (Å²) in [6.07, 6.45) is 10.2. The van der Waals surface area contributed by atoms with Crippen molar-refractivity contribution in [3.63, 3.8) is 0 Å². The Morgan fingerprint density at radius 2 is 1.39 bits per heavy atom. The average molecular weight is 374 g/mol. The minimum Gasteiger partial charge on any atom is -0.306 e. The lowest BCUT2D eigenvalue weighted by Crippen LogP contribution is -2.31. The molecule has 0 fully saturated rings. The standard InChI is InChI=1S/C23H19FN2O2/c24-18-9-5-16(6-10-18)22(27)20-3-1-2-4-21(20)23(28)17-7-11-19(12-8-17)26-14-13-25-15-26/h1-2,5-15,20-21H,3-4H2. The van der Waals surface area contributed by atoms with Gasteiger partial charge in [0.05, 0.1) is 6.33 Å². The van der Waals surface area contributed by atoms with E-state index in [-0.39, 0.29) is 17.4 Å². The van der Waals surface area contributed by atoms with Gasteiger partial charge in [-0.15, -0.1) is 0 Å². The molecule has 2 aromatic carbocycles. The van der Waals surface area contributed by atoms with Gasteiger partial charge >= 0.3 is 0 Å². The molecule has 2 atom stereocenters. The third-order valence-corrected chi connectivity index (χ3v) is 5.19. The molecule has 1 aromatic heterocycles. The molecule has 1 aliphatic carbocycles. The second kappa shape index (κ2) is 7.72. The van der Waals surface area contributed by atoms with Gasteiger partial charge in [-0.25, -0.2) is 9.37 Å². The number of hydrogen-bond donors (Lipinski definition) is 0. The number of allylic oxidation sites excluding steroid dienone is 2. The molecule has 28 heavy (non-hydrogen) atoms. The second-order valence-electron chi connectivity index (χ2n) is 6.91. The Bertz CT molecular complexity index is 1010. The van der Waals surface area contributed by atoms with Crippen LogP contribution in [0.1, 0.15) is 33.6 Å². The Hall–Kier alpha value is -3.34. The first kappa shape index (κ1) is 18.0. The van der Waals surface area contributed by atoms with Gasteiger partial charge in [0.15, 0.2) is 11.6 Å². The van der Waals surface area contributed by atoms with Crippen LogP contribution in [0.5, 0.6) is 0 Å².